The van der Waals surface area contributed by atoms with E-state index in [2.05, 4.69) is 143 Å². The molecule has 0 aliphatic rings. The van der Waals surface area contributed by atoms with Crippen LogP contribution in [-0.2, 0) is 0 Å². The lowest BCUT2D eigenvalue weighted by molar-refractivity contribution is 1.14. The summed E-state index contributed by atoms with van der Waals surface area (Å²) in [5.74, 6) is 0. The summed E-state index contributed by atoms with van der Waals surface area (Å²) >= 11 is 0. The maximum atomic E-state index is 10.1. The number of aromatic nitrogens is 2. The molecule has 3 heteroatoms. The molecule has 8 aromatic carbocycles. The van der Waals surface area contributed by atoms with E-state index in [1.54, 1.807) is 6.20 Å². The first-order valence-corrected chi connectivity index (χ1v) is 15.9. The summed E-state index contributed by atoms with van der Waals surface area (Å²) in [6.07, 6.45) is 3.71. The molecule has 0 aliphatic heterocycles. The van der Waals surface area contributed by atoms with Crippen LogP contribution in [0.15, 0.2) is 152 Å². The normalized spacial score (nSPS) is 11.8. The average molecular weight is 596 g/mol. The molecule has 2 heterocycles. The Labute approximate surface area is 270 Å². The molecule has 3 nitrogen and oxygen atoms in total. The third-order valence-electron chi connectivity index (χ3n) is 9.88. The van der Waals surface area contributed by atoms with Gasteiger partial charge in [-0.3, -0.25) is 4.98 Å². The zero-order chi connectivity index (χ0) is 31.1. The van der Waals surface area contributed by atoms with Gasteiger partial charge in [-0.2, -0.15) is 5.26 Å². The van der Waals surface area contributed by atoms with Gasteiger partial charge in [-0.1, -0.05) is 109 Å². The van der Waals surface area contributed by atoms with Crippen molar-refractivity contribution in [1.29, 1.82) is 5.26 Å². The fourth-order valence-corrected chi connectivity index (χ4v) is 7.99. The van der Waals surface area contributed by atoms with Crippen molar-refractivity contribution in [3.05, 3.63) is 157 Å². The minimum atomic E-state index is 0.686. The summed E-state index contributed by atoms with van der Waals surface area (Å²) in [5, 5.41) is 21.9. The van der Waals surface area contributed by atoms with Crippen LogP contribution in [0.2, 0.25) is 0 Å². The van der Waals surface area contributed by atoms with E-state index in [-0.39, 0.29) is 0 Å². The van der Waals surface area contributed by atoms with Gasteiger partial charge in [0, 0.05) is 22.4 Å². The highest BCUT2D eigenvalue weighted by Gasteiger charge is 2.23. The summed E-state index contributed by atoms with van der Waals surface area (Å²) < 4.78 is 2.28. The van der Waals surface area contributed by atoms with Crippen molar-refractivity contribution in [2.75, 3.05) is 0 Å². The monoisotopic (exact) mass is 595 g/mol. The third-order valence-corrected chi connectivity index (χ3v) is 9.88. The van der Waals surface area contributed by atoms with Gasteiger partial charge in [-0.05, 0) is 90.3 Å². The van der Waals surface area contributed by atoms with Crippen LogP contribution in [-0.4, -0.2) is 9.55 Å². The van der Waals surface area contributed by atoms with Gasteiger partial charge in [0.2, 0.25) is 0 Å². The van der Waals surface area contributed by atoms with Gasteiger partial charge in [0.25, 0.3) is 0 Å². The molecule has 2 aromatic heterocycles. The molecular weight excluding hydrogens is 571 g/mol. The maximum Gasteiger partial charge on any atom is 0.0998 e. The number of nitriles is 1. The molecule has 10 rings (SSSR count). The summed E-state index contributed by atoms with van der Waals surface area (Å²) in [5.41, 5.74) is 8.78. The van der Waals surface area contributed by atoms with Gasteiger partial charge in [-0.15, -0.1) is 0 Å². The second-order valence-electron chi connectivity index (χ2n) is 12.2. The molecule has 0 N–H and O–H groups in total. The Bertz CT molecular complexity index is 2850. The van der Waals surface area contributed by atoms with Crippen LogP contribution in [0.1, 0.15) is 5.56 Å². The predicted molar refractivity (Wildman–Crippen MR) is 195 cm³/mol. The van der Waals surface area contributed by atoms with Gasteiger partial charge in [0.05, 0.1) is 34.6 Å². The molecule has 0 aliphatic carbocycles. The number of hydrogen-bond acceptors (Lipinski definition) is 2. The van der Waals surface area contributed by atoms with E-state index < -0.39 is 0 Å². The van der Waals surface area contributed by atoms with Crippen LogP contribution >= 0.6 is 0 Å². The Balaban J connectivity index is 1.37. The number of rotatable bonds is 3. The Morgan fingerprint density at radius 2 is 1.04 bits per heavy atom. The van der Waals surface area contributed by atoms with Crippen LogP contribution in [0.4, 0.5) is 0 Å². The SMILES string of the molecule is N#Cc1ccc2c3c1ccc1c(-c4c5ccccc5c(-c5cccc6ccccc56)c5ccccc45)ccc(c13)n2-c1cccnc1. The van der Waals surface area contributed by atoms with E-state index in [4.69, 9.17) is 0 Å². The molecule has 0 amide bonds. The van der Waals surface area contributed by atoms with Crippen molar-refractivity contribution >= 4 is 64.9 Å². The Morgan fingerprint density at radius 3 is 1.70 bits per heavy atom. The first-order valence-electron chi connectivity index (χ1n) is 15.9. The number of fused-ring (bicyclic) bond motifs is 3. The molecule has 216 valence electrons. The van der Waals surface area contributed by atoms with Gasteiger partial charge >= 0.3 is 0 Å². The molecule has 0 saturated carbocycles. The predicted octanol–water partition coefficient (Wildman–Crippen LogP) is 11.4. The molecule has 47 heavy (non-hydrogen) atoms. The second kappa shape index (κ2) is 9.75. The van der Waals surface area contributed by atoms with Gasteiger partial charge in [-0.25, -0.2) is 0 Å². The average Bonchev–Trinajstić information content (AvgIpc) is 3.48. The quantitative estimate of drug-likeness (QED) is 0.151. The van der Waals surface area contributed by atoms with Crippen LogP contribution in [0.3, 0.4) is 0 Å². The fraction of sp³-hybridized carbons (Fsp3) is 0. The maximum absolute atomic E-state index is 10.1. The number of hydrogen-bond donors (Lipinski definition) is 0. The molecule has 0 atom stereocenters. The van der Waals surface area contributed by atoms with Crippen molar-refractivity contribution in [3.8, 4) is 34.0 Å². The van der Waals surface area contributed by atoms with E-state index in [9.17, 15) is 5.26 Å². The lowest BCUT2D eigenvalue weighted by atomic mass is 9.83. The highest BCUT2D eigenvalue weighted by Crippen LogP contribution is 2.49. The lowest BCUT2D eigenvalue weighted by Crippen LogP contribution is -1.94. The van der Waals surface area contributed by atoms with Gasteiger partial charge in [0.15, 0.2) is 0 Å². The fourth-order valence-electron chi connectivity index (χ4n) is 7.99. The van der Waals surface area contributed by atoms with E-state index in [0.717, 1.165) is 27.5 Å². The summed E-state index contributed by atoms with van der Waals surface area (Å²) in [6, 6.07) is 52.4. The van der Waals surface area contributed by atoms with Crippen molar-refractivity contribution in [2.45, 2.75) is 0 Å². The third kappa shape index (κ3) is 3.53. The van der Waals surface area contributed by atoms with Gasteiger partial charge < -0.3 is 4.57 Å². The van der Waals surface area contributed by atoms with E-state index in [1.165, 1.54) is 65.3 Å². The van der Waals surface area contributed by atoms with E-state index >= 15 is 0 Å². The lowest BCUT2D eigenvalue weighted by Gasteiger charge is -2.20. The first-order chi connectivity index (χ1) is 23.3. The molecule has 0 unspecified atom stereocenters. The Kier molecular flexibility index (Phi) is 5.35. The number of benzene rings is 8. The smallest absolute Gasteiger partial charge is 0.0998 e. The Hall–Kier alpha value is -6.50. The molecule has 10 aromatic rings. The molecule has 0 bridgehead atoms. The molecule has 0 fully saturated rings. The summed E-state index contributed by atoms with van der Waals surface area (Å²) in [4.78, 5) is 4.45. The zero-order valence-corrected chi connectivity index (χ0v) is 25.3. The molecule has 0 saturated heterocycles. The summed E-state index contributed by atoms with van der Waals surface area (Å²) in [7, 11) is 0. The number of nitrogens with zero attached hydrogens (tertiary/aromatic N) is 3. The van der Waals surface area contributed by atoms with Crippen LogP contribution in [0, 0.1) is 11.3 Å². The van der Waals surface area contributed by atoms with Crippen molar-refractivity contribution in [3.63, 3.8) is 0 Å². The van der Waals surface area contributed by atoms with Crippen LogP contribution in [0.25, 0.3) is 92.8 Å². The minimum absolute atomic E-state index is 0.686. The molecule has 0 spiro atoms. The topological polar surface area (TPSA) is 41.6 Å². The Morgan fingerprint density at radius 1 is 0.468 bits per heavy atom. The number of pyridine rings is 1. The highest BCUT2D eigenvalue weighted by atomic mass is 15.0. The second-order valence-corrected chi connectivity index (χ2v) is 12.2. The standard InChI is InChI=1S/C44H25N3/c45-25-28-18-22-39-43-31(28)19-20-38-37(21-23-40(44(38)43)47(39)29-11-8-24-46-26-29)42-35-15-5-3-13-33(35)41(34-14-4-6-16-36(34)42)32-17-7-10-27-9-1-2-12-30(27)32/h1-24,26H. The van der Waals surface area contributed by atoms with E-state index in [0.29, 0.717) is 5.56 Å². The van der Waals surface area contributed by atoms with Crippen molar-refractivity contribution < 1.29 is 0 Å². The summed E-state index contributed by atoms with van der Waals surface area (Å²) in [6.45, 7) is 0. The first kappa shape index (κ1) is 25.8. The van der Waals surface area contributed by atoms with E-state index in [1.807, 2.05) is 18.3 Å². The minimum Gasteiger partial charge on any atom is -0.308 e. The molecule has 0 radical (unpaired) electrons. The highest BCUT2D eigenvalue weighted by molar-refractivity contribution is 6.31. The van der Waals surface area contributed by atoms with Crippen LogP contribution < -0.4 is 0 Å². The largest absolute Gasteiger partial charge is 0.308 e. The zero-order valence-electron chi connectivity index (χ0n) is 25.3. The molecular formula is C44H25N3. The van der Waals surface area contributed by atoms with Crippen molar-refractivity contribution in [1.82, 2.24) is 9.55 Å². The van der Waals surface area contributed by atoms with Crippen molar-refractivity contribution in [2.24, 2.45) is 0 Å². The van der Waals surface area contributed by atoms with Gasteiger partial charge in [0.1, 0.15) is 0 Å². The van der Waals surface area contributed by atoms with Crippen LogP contribution in [0.5, 0.6) is 0 Å².